The Bertz CT molecular complexity index is 353. The van der Waals surface area contributed by atoms with Crippen LogP contribution < -0.4 is 11.3 Å². The van der Waals surface area contributed by atoms with Crippen molar-refractivity contribution in [1.29, 1.82) is 0 Å². The molecule has 4 nitrogen and oxygen atoms in total. The Labute approximate surface area is 107 Å². The van der Waals surface area contributed by atoms with Crippen molar-refractivity contribution in [3.63, 3.8) is 0 Å². The van der Waals surface area contributed by atoms with E-state index in [0.29, 0.717) is 5.56 Å². The van der Waals surface area contributed by atoms with Gasteiger partial charge in [0.1, 0.15) is 0 Å². The van der Waals surface area contributed by atoms with Gasteiger partial charge < -0.3 is 4.90 Å². The minimum atomic E-state index is -0.257. The van der Waals surface area contributed by atoms with Crippen molar-refractivity contribution >= 4 is 17.7 Å². The van der Waals surface area contributed by atoms with E-state index < -0.39 is 0 Å². The minimum Gasteiger partial charge on any atom is -0.301 e. The van der Waals surface area contributed by atoms with Crippen molar-refractivity contribution < 1.29 is 4.79 Å². The van der Waals surface area contributed by atoms with E-state index in [1.54, 1.807) is 12.1 Å². The lowest BCUT2D eigenvalue weighted by Crippen LogP contribution is -2.29. The maximum absolute atomic E-state index is 11.2. The Morgan fingerprint density at radius 3 is 2.59 bits per heavy atom. The highest BCUT2D eigenvalue weighted by atomic mass is 32.2. The highest BCUT2D eigenvalue weighted by Crippen LogP contribution is 2.07. The van der Waals surface area contributed by atoms with Gasteiger partial charge in [0, 0.05) is 24.4 Å². The van der Waals surface area contributed by atoms with Gasteiger partial charge in [0.2, 0.25) is 0 Å². The number of benzene rings is 1. The van der Waals surface area contributed by atoms with Gasteiger partial charge in [-0.15, -0.1) is 0 Å². The predicted molar refractivity (Wildman–Crippen MR) is 72.8 cm³/mol. The number of amides is 1. The molecule has 0 spiro atoms. The second kappa shape index (κ2) is 7.32. The molecule has 0 saturated heterocycles. The summed E-state index contributed by atoms with van der Waals surface area (Å²) >= 11 is 1.84. The summed E-state index contributed by atoms with van der Waals surface area (Å²) in [4.78, 5) is 13.5. The molecule has 0 bridgehead atoms. The molecule has 3 N–H and O–H groups in total. The van der Waals surface area contributed by atoms with E-state index in [-0.39, 0.29) is 5.91 Å². The van der Waals surface area contributed by atoms with Crippen molar-refractivity contribution in [1.82, 2.24) is 10.3 Å². The Morgan fingerprint density at radius 1 is 1.41 bits per heavy atom. The van der Waals surface area contributed by atoms with Crippen LogP contribution in [0.5, 0.6) is 0 Å². The Balaban J connectivity index is 2.53. The standard InChI is InChI=1S/C12H19N3OS/c1-15(7-8-17-2)9-10-3-5-11(6-4-10)12(16)14-13/h3-6H,7-9,13H2,1-2H3,(H,14,16). The van der Waals surface area contributed by atoms with Crippen LogP contribution >= 0.6 is 11.8 Å². The van der Waals surface area contributed by atoms with E-state index in [9.17, 15) is 4.79 Å². The summed E-state index contributed by atoms with van der Waals surface area (Å²) in [6.07, 6.45) is 2.11. The lowest BCUT2D eigenvalue weighted by Gasteiger charge is -2.15. The summed E-state index contributed by atoms with van der Waals surface area (Å²) in [7, 11) is 2.09. The summed E-state index contributed by atoms with van der Waals surface area (Å²) in [6, 6.07) is 7.50. The number of thioether (sulfide) groups is 1. The molecule has 0 atom stereocenters. The number of carbonyl (C=O) groups excluding carboxylic acids is 1. The van der Waals surface area contributed by atoms with E-state index in [4.69, 9.17) is 5.84 Å². The number of hydrogen-bond donors (Lipinski definition) is 2. The molecule has 1 aromatic carbocycles. The number of nitrogen functional groups attached to an aromatic ring is 1. The van der Waals surface area contributed by atoms with Gasteiger partial charge in [-0.1, -0.05) is 12.1 Å². The van der Waals surface area contributed by atoms with Crippen LogP contribution in [-0.4, -0.2) is 36.4 Å². The monoisotopic (exact) mass is 253 g/mol. The second-order valence-electron chi connectivity index (χ2n) is 3.90. The smallest absolute Gasteiger partial charge is 0.265 e. The van der Waals surface area contributed by atoms with Gasteiger partial charge in [0.05, 0.1) is 0 Å². The van der Waals surface area contributed by atoms with Crippen molar-refractivity contribution in [2.24, 2.45) is 5.84 Å². The van der Waals surface area contributed by atoms with Gasteiger partial charge in [-0.25, -0.2) is 5.84 Å². The van der Waals surface area contributed by atoms with E-state index in [0.717, 1.165) is 18.8 Å². The highest BCUT2D eigenvalue weighted by Gasteiger charge is 2.04. The second-order valence-corrected chi connectivity index (χ2v) is 4.89. The maximum atomic E-state index is 11.2. The van der Waals surface area contributed by atoms with Crippen LogP contribution in [0.2, 0.25) is 0 Å². The zero-order valence-corrected chi connectivity index (χ0v) is 11.1. The fraction of sp³-hybridized carbons (Fsp3) is 0.417. The number of nitrogens with zero attached hydrogens (tertiary/aromatic N) is 1. The first-order valence-corrected chi connectivity index (χ1v) is 6.84. The predicted octanol–water partition coefficient (Wildman–Crippen LogP) is 1.08. The van der Waals surface area contributed by atoms with Crippen molar-refractivity contribution in [2.45, 2.75) is 6.54 Å². The Kier molecular flexibility index (Phi) is 6.04. The highest BCUT2D eigenvalue weighted by molar-refractivity contribution is 7.98. The topological polar surface area (TPSA) is 58.4 Å². The fourth-order valence-corrected chi connectivity index (χ4v) is 1.98. The first kappa shape index (κ1) is 14.0. The zero-order valence-electron chi connectivity index (χ0n) is 10.3. The largest absolute Gasteiger partial charge is 0.301 e. The van der Waals surface area contributed by atoms with Crippen LogP contribution in [0, 0.1) is 0 Å². The molecule has 17 heavy (non-hydrogen) atoms. The SMILES string of the molecule is CSCCN(C)Cc1ccc(C(=O)NN)cc1. The van der Waals surface area contributed by atoms with Gasteiger partial charge in [0.25, 0.3) is 5.91 Å². The number of carbonyl (C=O) groups is 1. The van der Waals surface area contributed by atoms with Crippen molar-refractivity contribution in [2.75, 3.05) is 25.6 Å². The summed E-state index contributed by atoms with van der Waals surface area (Å²) in [5, 5.41) is 0. The first-order chi connectivity index (χ1) is 8.17. The van der Waals surface area contributed by atoms with Crippen LogP contribution in [0.25, 0.3) is 0 Å². The molecular weight excluding hydrogens is 234 g/mol. The van der Waals surface area contributed by atoms with Gasteiger partial charge in [-0.05, 0) is 31.0 Å². The number of nitrogens with one attached hydrogen (secondary N) is 1. The van der Waals surface area contributed by atoms with E-state index in [1.807, 2.05) is 23.9 Å². The number of hydrogen-bond acceptors (Lipinski definition) is 4. The van der Waals surface area contributed by atoms with Crippen molar-refractivity contribution in [3.05, 3.63) is 35.4 Å². The molecule has 0 aliphatic rings. The fourth-order valence-electron chi connectivity index (χ4n) is 1.48. The average molecular weight is 253 g/mol. The molecule has 0 aromatic heterocycles. The third kappa shape index (κ3) is 4.77. The summed E-state index contributed by atoms with van der Waals surface area (Å²) in [6.45, 7) is 1.96. The van der Waals surface area contributed by atoms with Crippen LogP contribution in [-0.2, 0) is 6.54 Å². The lowest BCUT2D eigenvalue weighted by molar-refractivity contribution is 0.0953. The molecule has 0 unspecified atom stereocenters. The number of rotatable bonds is 6. The molecule has 0 heterocycles. The molecule has 0 aliphatic heterocycles. The summed E-state index contributed by atoms with van der Waals surface area (Å²) in [5.74, 6) is 5.94. The molecule has 1 amide bonds. The van der Waals surface area contributed by atoms with E-state index in [2.05, 4.69) is 23.6 Å². The molecule has 94 valence electrons. The summed E-state index contributed by atoms with van der Waals surface area (Å²) in [5.41, 5.74) is 3.90. The first-order valence-electron chi connectivity index (χ1n) is 5.44. The van der Waals surface area contributed by atoms with Crippen LogP contribution in [0.15, 0.2) is 24.3 Å². The molecule has 1 aromatic rings. The molecule has 0 saturated carbocycles. The molecule has 5 heteroatoms. The van der Waals surface area contributed by atoms with Gasteiger partial charge in [0.15, 0.2) is 0 Å². The molecule has 1 rings (SSSR count). The molecule has 0 aliphatic carbocycles. The molecule has 0 radical (unpaired) electrons. The van der Waals surface area contributed by atoms with Crippen LogP contribution in [0.4, 0.5) is 0 Å². The van der Waals surface area contributed by atoms with Gasteiger partial charge in [-0.3, -0.25) is 10.2 Å². The minimum absolute atomic E-state index is 0.257. The van der Waals surface area contributed by atoms with Crippen LogP contribution in [0.1, 0.15) is 15.9 Å². The Morgan fingerprint density at radius 2 is 2.06 bits per heavy atom. The lowest BCUT2D eigenvalue weighted by atomic mass is 10.1. The number of nitrogens with two attached hydrogens (primary N) is 1. The maximum Gasteiger partial charge on any atom is 0.265 e. The van der Waals surface area contributed by atoms with Gasteiger partial charge in [-0.2, -0.15) is 11.8 Å². The molecular formula is C12H19N3OS. The third-order valence-electron chi connectivity index (χ3n) is 2.48. The third-order valence-corrected chi connectivity index (χ3v) is 3.07. The van der Waals surface area contributed by atoms with E-state index in [1.165, 1.54) is 5.56 Å². The molecule has 0 fully saturated rings. The number of hydrazine groups is 1. The Hall–Kier alpha value is -1.04. The van der Waals surface area contributed by atoms with Crippen LogP contribution in [0.3, 0.4) is 0 Å². The van der Waals surface area contributed by atoms with Gasteiger partial charge >= 0.3 is 0 Å². The zero-order chi connectivity index (χ0) is 12.7. The van der Waals surface area contributed by atoms with Crippen molar-refractivity contribution in [3.8, 4) is 0 Å². The summed E-state index contributed by atoms with van der Waals surface area (Å²) < 4.78 is 0. The van der Waals surface area contributed by atoms with E-state index >= 15 is 0 Å². The normalized spacial score (nSPS) is 10.6. The average Bonchev–Trinajstić information content (AvgIpc) is 2.36. The quantitative estimate of drug-likeness (QED) is 0.452.